The van der Waals surface area contributed by atoms with Gasteiger partial charge in [0.25, 0.3) is 0 Å². The van der Waals surface area contributed by atoms with Crippen molar-refractivity contribution in [1.29, 1.82) is 0 Å². The van der Waals surface area contributed by atoms with E-state index >= 15 is 0 Å². The van der Waals surface area contributed by atoms with Crippen LogP contribution < -0.4 is 0 Å². The molecule has 66 valence electrons. The summed E-state index contributed by atoms with van der Waals surface area (Å²) in [5.41, 5.74) is 1.10. The summed E-state index contributed by atoms with van der Waals surface area (Å²) in [6, 6.07) is 5.95. The van der Waals surface area contributed by atoms with E-state index in [4.69, 9.17) is 4.74 Å². The van der Waals surface area contributed by atoms with Crippen molar-refractivity contribution in [3.8, 4) is 0 Å². The summed E-state index contributed by atoms with van der Waals surface area (Å²) in [6.07, 6.45) is 2.98. The predicted octanol–water partition coefficient (Wildman–Crippen LogP) is 2.05. The Balaban J connectivity index is 2.41. The molecule has 1 rings (SSSR count). The van der Waals surface area contributed by atoms with E-state index < -0.39 is 0 Å². The number of hydrogen-bond acceptors (Lipinski definition) is 2. The molecule has 0 saturated carbocycles. The van der Waals surface area contributed by atoms with Crippen LogP contribution in [0, 0.1) is 0 Å². The Labute approximate surface area is 73.6 Å². The number of aromatic nitrogens is 1. The van der Waals surface area contributed by atoms with Crippen LogP contribution >= 0.6 is 0 Å². The first-order valence-electron chi connectivity index (χ1n) is 4.34. The van der Waals surface area contributed by atoms with Gasteiger partial charge in [0.05, 0.1) is 6.10 Å². The lowest BCUT2D eigenvalue weighted by molar-refractivity contribution is 0.0761. The minimum Gasteiger partial charge on any atom is -0.378 e. The second-order valence-electron chi connectivity index (χ2n) is 2.79. The summed E-state index contributed by atoms with van der Waals surface area (Å²) in [5.74, 6) is 0. The molecule has 0 saturated heterocycles. The van der Waals surface area contributed by atoms with Crippen molar-refractivity contribution in [3.05, 3.63) is 30.1 Å². The quantitative estimate of drug-likeness (QED) is 0.681. The third kappa shape index (κ3) is 3.01. The molecule has 2 heteroatoms. The number of rotatable bonds is 4. The van der Waals surface area contributed by atoms with Crippen LogP contribution in [0.4, 0.5) is 0 Å². The zero-order valence-corrected chi connectivity index (χ0v) is 7.66. The van der Waals surface area contributed by atoms with E-state index in [1.54, 1.807) is 0 Å². The van der Waals surface area contributed by atoms with Crippen molar-refractivity contribution in [2.45, 2.75) is 26.4 Å². The standard InChI is InChI=1S/C10H15NO/c1-3-12-9(2)8-10-6-4-5-7-11-10/h4-7,9H,3,8H2,1-2H3. The Hall–Kier alpha value is -0.890. The van der Waals surface area contributed by atoms with E-state index in [1.807, 2.05) is 31.3 Å². The molecule has 12 heavy (non-hydrogen) atoms. The van der Waals surface area contributed by atoms with Crippen LogP contribution in [0.2, 0.25) is 0 Å². The lowest BCUT2D eigenvalue weighted by Crippen LogP contribution is -2.11. The lowest BCUT2D eigenvalue weighted by Gasteiger charge is -2.09. The van der Waals surface area contributed by atoms with E-state index in [9.17, 15) is 0 Å². The van der Waals surface area contributed by atoms with E-state index in [1.165, 1.54) is 0 Å². The smallest absolute Gasteiger partial charge is 0.0602 e. The summed E-state index contributed by atoms with van der Waals surface area (Å²) in [7, 11) is 0. The fraction of sp³-hybridized carbons (Fsp3) is 0.500. The second kappa shape index (κ2) is 4.88. The monoisotopic (exact) mass is 165 g/mol. The van der Waals surface area contributed by atoms with Gasteiger partial charge in [-0.2, -0.15) is 0 Å². The van der Waals surface area contributed by atoms with Crippen molar-refractivity contribution >= 4 is 0 Å². The molecule has 2 nitrogen and oxygen atoms in total. The van der Waals surface area contributed by atoms with Crippen LogP contribution in [0.5, 0.6) is 0 Å². The molecular formula is C10H15NO. The maximum atomic E-state index is 5.41. The van der Waals surface area contributed by atoms with Crippen molar-refractivity contribution < 1.29 is 4.74 Å². The van der Waals surface area contributed by atoms with E-state index in [0.29, 0.717) is 0 Å². The van der Waals surface area contributed by atoms with Gasteiger partial charge in [-0.1, -0.05) is 6.07 Å². The highest BCUT2D eigenvalue weighted by molar-refractivity contribution is 5.04. The Morgan fingerprint density at radius 2 is 2.33 bits per heavy atom. The molecule has 1 atom stereocenters. The van der Waals surface area contributed by atoms with Gasteiger partial charge in [-0.15, -0.1) is 0 Å². The van der Waals surface area contributed by atoms with Crippen LogP contribution in [0.15, 0.2) is 24.4 Å². The number of pyridine rings is 1. The third-order valence-corrected chi connectivity index (χ3v) is 1.67. The topological polar surface area (TPSA) is 22.1 Å². The van der Waals surface area contributed by atoms with Crippen molar-refractivity contribution in [1.82, 2.24) is 4.98 Å². The van der Waals surface area contributed by atoms with E-state index in [0.717, 1.165) is 18.7 Å². The fourth-order valence-corrected chi connectivity index (χ4v) is 1.16. The Morgan fingerprint density at radius 1 is 1.50 bits per heavy atom. The highest BCUT2D eigenvalue weighted by Crippen LogP contribution is 2.01. The third-order valence-electron chi connectivity index (χ3n) is 1.67. The first kappa shape index (κ1) is 9.20. The average molecular weight is 165 g/mol. The summed E-state index contributed by atoms with van der Waals surface area (Å²) in [5, 5.41) is 0. The molecule has 0 aromatic carbocycles. The first-order chi connectivity index (χ1) is 5.83. The van der Waals surface area contributed by atoms with Crippen molar-refractivity contribution in [2.75, 3.05) is 6.61 Å². The van der Waals surface area contributed by atoms with Crippen molar-refractivity contribution in [2.24, 2.45) is 0 Å². The maximum absolute atomic E-state index is 5.41. The number of ether oxygens (including phenoxy) is 1. The van der Waals surface area contributed by atoms with Gasteiger partial charge in [-0.05, 0) is 26.0 Å². The average Bonchev–Trinajstić information content (AvgIpc) is 2.06. The van der Waals surface area contributed by atoms with Gasteiger partial charge in [0.2, 0.25) is 0 Å². The van der Waals surface area contributed by atoms with Crippen LogP contribution in [-0.4, -0.2) is 17.7 Å². The van der Waals surface area contributed by atoms with Gasteiger partial charge in [-0.25, -0.2) is 0 Å². The number of hydrogen-bond donors (Lipinski definition) is 0. The molecule has 1 aromatic heterocycles. The minimum absolute atomic E-state index is 0.268. The van der Waals surface area contributed by atoms with Crippen LogP contribution in [0.3, 0.4) is 0 Å². The van der Waals surface area contributed by atoms with E-state index in [-0.39, 0.29) is 6.10 Å². The summed E-state index contributed by atoms with van der Waals surface area (Å²) < 4.78 is 5.41. The zero-order chi connectivity index (χ0) is 8.81. The first-order valence-corrected chi connectivity index (χ1v) is 4.34. The summed E-state index contributed by atoms with van der Waals surface area (Å²) >= 11 is 0. The molecular weight excluding hydrogens is 150 g/mol. The van der Waals surface area contributed by atoms with Gasteiger partial charge >= 0.3 is 0 Å². The molecule has 0 aliphatic heterocycles. The highest BCUT2D eigenvalue weighted by Gasteiger charge is 2.02. The second-order valence-corrected chi connectivity index (χ2v) is 2.79. The molecule has 1 heterocycles. The van der Waals surface area contributed by atoms with Gasteiger partial charge < -0.3 is 4.74 Å². The molecule has 0 radical (unpaired) electrons. The number of nitrogens with zero attached hydrogens (tertiary/aromatic N) is 1. The molecule has 0 spiro atoms. The molecule has 0 aliphatic rings. The van der Waals surface area contributed by atoms with Gasteiger partial charge in [-0.3, -0.25) is 4.98 Å². The van der Waals surface area contributed by atoms with Gasteiger partial charge in [0, 0.05) is 24.9 Å². The molecule has 0 fully saturated rings. The van der Waals surface area contributed by atoms with Crippen LogP contribution in [0.25, 0.3) is 0 Å². The van der Waals surface area contributed by atoms with E-state index in [2.05, 4.69) is 11.9 Å². The van der Waals surface area contributed by atoms with Crippen LogP contribution in [-0.2, 0) is 11.2 Å². The molecule has 0 amide bonds. The summed E-state index contributed by atoms with van der Waals surface area (Å²) in [6.45, 7) is 4.85. The summed E-state index contributed by atoms with van der Waals surface area (Å²) in [4.78, 5) is 4.22. The Morgan fingerprint density at radius 3 is 2.92 bits per heavy atom. The largest absolute Gasteiger partial charge is 0.378 e. The molecule has 0 aliphatic carbocycles. The zero-order valence-electron chi connectivity index (χ0n) is 7.66. The normalized spacial score (nSPS) is 12.8. The van der Waals surface area contributed by atoms with Crippen molar-refractivity contribution in [3.63, 3.8) is 0 Å². The lowest BCUT2D eigenvalue weighted by atomic mass is 10.2. The van der Waals surface area contributed by atoms with Crippen LogP contribution in [0.1, 0.15) is 19.5 Å². The molecule has 1 unspecified atom stereocenters. The SMILES string of the molecule is CCOC(C)Cc1ccccn1. The maximum Gasteiger partial charge on any atom is 0.0602 e. The Bertz CT molecular complexity index is 210. The predicted molar refractivity (Wildman–Crippen MR) is 49.0 cm³/mol. The van der Waals surface area contributed by atoms with Gasteiger partial charge in [0.1, 0.15) is 0 Å². The molecule has 0 N–H and O–H groups in total. The minimum atomic E-state index is 0.268. The highest BCUT2D eigenvalue weighted by atomic mass is 16.5. The molecule has 1 aromatic rings. The fourth-order valence-electron chi connectivity index (χ4n) is 1.16. The van der Waals surface area contributed by atoms with Gasteiger partial charge in [0.15, 0.2) is 0 Å². The Kier molecular flexibility index (Phi) is 3.74. The molecule has 0 bridgehead atoms.